The van der Waals surface area contributed by atoms with Gasteiger partial charge >= 0.3 is 12.1 Å². The lowest BCUT2D eigenvalue weighted by atomic mass is 10.1. The molecule has 2 aromatic rings. The average Bonchev–Trinajstić information content (AvgIpc) is 3.43. The summed E-state index contributed by atoms with van der Waals surface area (Å²) in [5.74, 6) is -1.33. The highest BCUT2D eigenvalue weighted by Gasteiger charge is 2.32. The van der Waals surface area contributed by atoms with E-state index in [1.165, 1.54) is 11.3 Å². The first kappa shape index (κ1) is 34.7. The summed E-state index contributed by atoms with van der Waals surface area (Å²) in [6.07, 6.45) is 4.86. The number of unbranched alkanes of at least 4 members (excludes halogenated alkanes) is 1. The molecule has 0 radical (unpaired) electrons. The van der Waals surface area contributed by atoms with Crippen molar-refractivity contribution < 1.29 is 33.4 Å². The lowest BCUT2D eigenvalue weighted by Crippen LogP contribution is -2.56. The molecular weight excluding hydrogens is 584 g/mol. The smallest absolute Gasteiger partial charge is 0.409 e. The van der Waals surface area contributed by atoms with E-state index in [1.807, 2.05) is 37.3 Å². The van der Waals surface area contributed by atoms with Crippen LogP contribution in [-0.2, 0) is 23.8 Å². The van der Waals surface area contributed by atoms with Crippen molar-refractivity contribution in [2.24, 2.45) is 0 Å². The van der Waals surface area contributed by atoms with Gasteiger partial charge in [0.05, 0.1) is 18.1 Å². The van der Waals surface area contributed by atoms with Gasteiger partial charge in [0, 0.05) is 45.3 Å². The fourth-order valence-electron chi connectivity index (χ4n) is 4.43. The third-order valence-corrected chi connectivity index (χ3v) is 7.72. The van der Waals surface area contributed by atoms with Crippen LogP contribution in [0.15, 0.2) is 36.4 Å². The summed E-state index contributed by atoms with van der Waals surface area (Å²) in [5.41, 5.74) is 0.359. The summed E-state index contributed by atoms with van der Waals surface area (Å²) in [4.78, 5) is 60.8. The number of methoxy groups -OCH3 is 1. The molecule has 12 heteroatoms. The maximum Gasteiger partial charge on any atom is 0.409 e. The minimum atomic E-state index is -1.00. The van der Waals surface area contributed by atoms with Crippen molar-refractivity contribution in [1.82, 2.24) is 20.1 Å². The number of rotatable bonds is 13. The summed E-state index contributed by atoms with van der Waals surface area (Å²) in [6.45, 7) is 9.22. The van der Waals surface area contributed by atoms with Gasteiger partial charge < -0.3 is 29.3 Å². The molecule has 11 nitrogen and oxygen atoms in total. The predicted octanol–water partition coefficient (Wildman–Crippen LogP) is 4.77. The van der Waals surface area contributed by atoms with Crippen molar-refractivity contribution in [1.29, 1.82) is 0 Å². The number of esters is 1. The Bertz CT molecular complexity index is 1280. The lowest BCUT2D eigenvalue weighted by Gasteiger charge is -2.36. The van der Waals surface area contributed by atoms with Gasteiger partial charge in [-0.15, -0.1) is 11.3 Å². The van der Waals surface area contributed by atoms with E-state index in [0.29, 0.717) is 36.2 Å². The van der Waals surface area contributed by atoms with Crippen LogP contribution in [0.3, 0.4) is 0 Å². The minimum Gasteiger partial charge on any atom is -0.460 e. The minimum absolute atomic E-state index is 0.0449. The first-order valence-corrected chi connectivity index (χ1v) is 15.8. The molecule has 1 aliphatic rings. The van der Waals surface area contributed by atoms with E-state index in [2.05, 4.69) is 10.3 Å². The number of carbonyl (C=O) groups excluding carboxylic acids is 4. The molecule has 240 valence electrons. The Labute approximate surface area is 263 Å². The van der Waals surface area contributed by atoms with E-state index < -0.39 is 29.6 Å². The summed E-state index contributed by atoms with van der Waals surface area (Å²) in [6, 6.07) is 8.52. The first-order chi connectivity index (χ1) is 21.0. The fraction of sp³-hybridized carbons (Fsp3) is 0.531. The van der Waals surface area contributed by atoms with Crippen molar-refractivity contribution in [2.45, 2.75) is 65.0 Å². The van der Waals surface area contributed by atoms with Crippen LogP contribution >= 0.6 is 11.3 Å². The van der Waals surface area contributed by atoms with Gasteiger partial charge in [-0.1, -0.05) is 49.8 Å². The van der Waals surface area contributed by atoms with Crippen LogP contribution in [0, 0.1) is 0 Å². The van der Waals surface area contributed by atoms with Crippen LogP contribution in [0.5, 0.6) is 0 Å². The zero-order chi connectivity index (χ0) is 32.1. The van der Waals surface area contributed by atoms with Gasteiger partial charge in [-0.25, -0.2) is 9.78 Å². The Hall–Kier alpha value is -3.77. The molecule has 44 heavy (non-hydrogen) atoms. The highest BCUT2D eigenvalue weighted by atomic mass is 32.1. The molecule has 3 rings (SSSR count). The van der Waals surface area contributed by atoms with Crippen LogP contribution in [0.2, 0.25) is 0 Å². The predicted molar refractivity (Wildman–Crippen MR) is 169 cm³/mol. The van der Waals surface area contributed by atoms with Crippen LogP contribution in [0.4, 0.5) is 4.79 Å². The molecule has 1 atom stereocenters. The monoisotopic (exact) mass is 628 g/mol. The average molecular weight is 629 g/mol. The molecule has 1 fully saturated rings. The molecule has 0 unspecified atom stereocenters. The number of piperazine rings is 1. The van der Waals surface area contributed by atoms with Crippen molar-refractivity contribution in [3.05, 3.63) is 47.0 Å². The van der Waals surface area contributed by atoms with Gasteiger partial charge in [-0.2, -0.15) is 0 Å². The SMILES string of the molecule is CCCCOC(=O)N1CCN(C(=O)[C@H](CCC(=O)OC(C)(C)C)NC(=O)c2nc(-c3ccccc3)sc2/C=C/COC)CC1. The Morgan fingerprint density at radius 3 is 2.39 bits per heavy atom. The molecule has 0 aliphatic carbocycles. The van der Waals surface area contributed by atoms with Crippen LogP contribution < -0.4 is 5.32 Å². The number of hydrogen-bond acceptors (Lipinski definition) is 9. The number of hydrogen-bond donors (Lipinski definition) is 1. The number of ether oxygens (including phenoxy) is 3. The number of benzene rings is 1. The van der Waals surface area contributed by atoms with E-state index in [-0.39, 0.29) is 37.5 Å². The maximum atomic E-state index is 13.7. The van der Waals surface area contributed by atoms with E-state index >= 15 is 0 Å². The van der Waals surface area contributed by atoms with E-state index in [1.54, 1.807) is 49.8 Å². The largest absolute Gasteiger partial charge is 0.460 e. The molecule has 1 N–H and O–H groups in total. The number of nitrogens with zero attached hydrogens (tertiary/aromatic N) is 3. The van der Waals surface area contributed by atoms with Crippen molar-refractivity contribution in [3.8, 4) is 10.6 Å². The molecular formula is C32H44N4O7S. The number of aromatic nitrogens is 1. The Balaban J connectivity index is 1.79. The molecule has 1 aromatic heterocycles. The van der Waals surface area contributed by atoms with E-state index in [9.17, 15) is 19.2 Å². The second-order valence-electron chi connectivity index (χ2n) is 11.4. The topological polar surface area (TPSA) is 127 Å². The Kier molecular flexibility index (Phi) is 13.3. The molecule has 0 saturated carbocycles. The second-order valence-corrected chi connectivity index (χ2v) is 12.4. The summed E-state index contributed by atoms with van der Waals surface area (Å²) in [7, 11) is 1.58. The summed E-state index contributed by atoms with van der Waals surface area (Å²) in [5, 5.41) is 3.51. The second kappa shape index (κ2) is 16.9. The number of nitrogens with one attached hydrogen (secondary N) is 1. The van der Waals surface area contributed by atoms with Gasteiger partial charge in [0.25, 0.3) is 5.91 Å². The number of thiazole rings is 1. The quantitative estimate of drug-likeness (QED) is 0.248. The highest BCUT2D eigenvalue weighted by Crippen LogP contribution is 2.29. The van der Waals surface area contributed by atoms with Crippen LogP contribution in [0.1, 0.15) is 68.7 Å². The normalized spacial score (nSPS) is 14.4. The van der Waals surface area contributed by atoms with Gasteiger partial charge in [-0.05, 0) is 39.7 Å². The van der Waals surface area contributed by atoms with Gasteiger partial charge in [0.1, 0.15) is 22.3 Å². The molecule has 1 aromatic carbocycles. The summed E-state index contributed by atoms with van der Waals surface area (Å²) >= 11 is 1.36. The van der Waals surface area contributed by atoms with Crippen LogP contribution in [-0.4, -0.2) is 96.8 Å². The highest BCUT2D eigenvalue weighted by molar-refractivity contribution is 7.16. The molecule has 2 heterocycles. The zero-order valence-electron chi connectivity index (χ0n) is 26.3. The maximum absolute atomic E-state index is 13.7. The number of amides is 3. The van der Waals surface area contributed by atoms with Gasteiger partial charge in [0.2, 0.25) is 5.91 Å². The molecule has 1 aliphatic heterocycles. The molecule has 1 saturated heterocycles. The third kappa shape index (κ3) is 10.7. The Morgan fingerprint density at radius 2 is 1.75 bits per heavy atom. The van der Waals surface area contributed by atoms with Crippen LogP contribution in [0.25, 0.3) is 16.6 Å². The zero-order valence-corrected chi connectivity index (χ0v) is 27.1. The first-order valence-electron chi connectivity index (χ1n) is 15.0. The third-order valence-electron chi connectivity index (χ3n) is 6.65. The summed E-state index contributed by atoms with van der Waals surface area (Å²) < 4.78 is 15.9. The van der Waals surface area contributed by atoms with E-state index in [0.717, 1.165) is 18.4 Å². The Morgan fingerprint density at radius 1 is 1.07 bits per heavy atom. The number of carbonyl (C=O) groups is 4. The van der Waals surface area contributed by atoms with Crippen molar-refractivity contribution in [2.75, 3.05) is 46.5 Å². The van der Waals surface area contributed by atoms with Gasteiger partial charge in [0.15, 0.2) is 0 Å². The van der Waals surface area contributed by atoms with Crippen molar-refractivity contribution in [3.63, 3.8) is 0 Å². The standard InChI is InChI=1S/C32H44N4O7S/c1-6-7-22-42-31(40)36-19-17-35(18-20-36)30(39)24(15-16-26(37)43-32(2,3)4)33-28(38)27-25(14-11-21-41-5)44-29(34-27)23-12-9-8-10-13-23/h8-14,24H,6-7,15-22H2,1-5H3,(H,33,38)/b14-11+/t24-/m0/s1. The van der Waals surface area contributed by atoms with Crippen molar-refractivity contribution >= 4 is 41.3 Å². The molecule has 3 amide bonds. The van der Waals surface area contributed by atoms with E-state index in [4.69, 9.17) is 14.2 Å². The molecule has 0 bridgehead atoms. The molecule has 0 spiro atoms. The fourth-order valence-corrected chi connectivity index (χ4v) is 5.43. The van der Waals surface area contributed by atoms with Gasteiger partial charge in [-0.3, -0.25) is 14.4 Å². The lowest BCUT2D eigenvalue weighted by molar-refractivity contribution is -0.155.